The van der Waals surface area contributed by atoms with E-state index in [1.807, 2.05) is 24.7 Å². The van der Waals surface area contributed by atoms with Gasteiger partial charge in [-0.05, 0) is 54.0 Å². The number of hydrogen-bond donors (Lipinski definition) is 3. The first-order chi connectivity index (χ1) is 11.8. The first kappa shape index (κ1) is 15.9. The minimum atomic E-state index is 0.401. The van der Waals surface area contributed by atoms with Crippen LogP contribution in [-0.4, -0.2) is 47.3 Å². The van der Waals surface area contributed by atoms with Crippen LogP contribution >= 0.6 is 22.6 Å². The number of guanidine groups is 1. The third-order valence-electron chi connectivity index (χ3n) is 4.53. The quantitative estimate of drug-likeness (QED) is 0.619. The predicted octanol–water partition coefficient (Wildman–Crippen LogP) is 1.65. The van der Waals surface area contributed by atoms with Crippen LogP contribution in [0.5, 0.6) is 0 Å². The van der Waals surface area contributed by atoms with Crippen LogP contribution in [0, 0.1) is 3.57 Å². The third-order valence-corrected chi connectivity index (χ3v) is 5.17. The molecule has 8 heteroatoms. The summed E-state index contributed by atoms with van der Waals surface area (Å²) in [6.45, 7) is 1.53. The molecule has 1 aromatic rings. The van der Waals surface area contributed by atoms with Gasteiger partial charge in [-0.25, -0.2) is 9.98 Å². The molecule has 0 aromatic carbocycles. The van der Waals surface area contributed by atoms with Crippen molar-refractivity contribution in [1.82, 2.24) is 20.7 Å². The van der Waals surface area contributed by atoms with Crippen molar-refractivity contribution < 1.29 is 4.74 Å². The lowest BCUT2D eigenvalue weighted by molar-refractivity contribution is -0.0579. The van der Waals surface area contributed by atoms with Crippen molar-refractivity contribution in [3.63, 3.8) is 0 Å². The second-order valence-electron chi connectivity index (χ2n) is 6.34. The van der Waals surface area contributed by atoms with Gasteiger partial charge in [-0.3, -0.25) is 10.4 Å². The summed E-state index contributed by atoms with van der Waals surface area (Å²) in [5, 5.41) is 9.11. The largest absolute Gasteiger partial charge is 0.377 e. The summed E-state index contributed by atoms with van der Waals surface area (Å²) in [5.74, 6) is 1.77. The van der Waals surface area contributed by atoms with Crippen LogP contribution in [0.15, 0.2) is 35.7 Å². The minimum absolute atomic E-state index is 0.401. The van der Waals surface area contributed by atoms with Crippen molar-refractivity contribution >= 4 is 34.4 Å². The summed E-state index contributed by atoms with van der Waals surface area (Å²) in [6.07, 6.45) is 8.99. The Morgan fingerprint density at radius 3 is 2.75 bits per heavy atom. The van der Waals surface area contributed by atoms with Crippen LogP contribution in [0.1, 0.15) is 19.3 Å². The second-order valence-corrected chi connectivity index (χ2v) is 7.59. The highest BCUT2D eigenvalue weighted by Gasteiger charge is 2.29. The Balaban J connectivity index is 1.27. The van der Waals surface area contributed by atoms with Gasteiger partial charge in [0.2, 0.25) is 5.96 Å². The van der Waals surface area contributed by atoms with Gasteiger partial charge in [0.25, 0.3) is 0 Å². The fourth-order valence-corrected chi connectivity index (χ4v) is 3.46. The molecule has 2 atom stereocenters. The van der Waals surface area contributed by atoms with E-state index in [1.165, 1.54) is 0 Å². The van der Waals surface area contributed by atoms with E-state index in [4.69, 9.17) is 4.74 Å². The van der Waals surface area contributed by atoms with E-state index in [9.17, 15) is 0 Å². The van der Waals surface area contributed by atoms with E-state index >= 15 is 0 Å². The van der Waals surface area contributed by atoms with E-state index in [1.54, 1.807) is 0 Å². The highest BCUT2D eigenvalue weighted by Crippen LogP contribution is 2.23. The minimum Gasteiger partial charge on any atom is -0.377 e. The van der Waals surface area contributed by atoms with Gasteiger partial charge in [0, 0.05) is 34.3 Å². The van der Waals surface area contributed by atoms with E-state index in [2.05, 4.69) is 59.7 Å². The molecule has 0 bridgehead atoms. The zero-order valence-corrected chi connectivity index (χ0v) is 15.4. The topological polar surface area (TPSA) is 73.8 Å². The Labute approximate surface area is 155 Å². The van der Waals surface area contributed by atoms with Crippen molar-refractivity contribution in [2.45, 2.75) is 37.4 Å². The molecule has 1 saturated heterocycles. The molecule has 24 heavy (non-hydrogen) atoms. The first-order valence-electron chi connectivity index (χ1n) is 8.28. The van der Waals surface area contributed by atoms with Crippen LogP contribution in [-0.2, 0) is 4.74 Å². The van der Waals surface area contributed by atoms with Gasteiger partial charge in [0.15, 0.2) is 0 Å². The van der Waals surface area contributed by atoms with Crippen LogP contribution < -0.4 is 16.1 Å². The standard InChI is InChI=1S/C16H21IN6O/c17-11-1-4-15(19-8-11)20-12-2-3-13(7-12)21-16-18-5-6-23(22-16)14-9-24-10-14/h1,4-6,8,12-14H,2-3,7,9-10H2,(H,19,20)(H2,18,21,22)/t12-,13-/m0/s1. The molecule has 3 aliphatic rings. The second kappa shape index (κ2) is 7.14. The molecule has 2 aliphatic heterocycles. The SMILES string of the molecule is Ic1ccc(N[C@H]2CC[C@H](NC3=NC=CN(C4COC4)N3)C2)nc1. The summed E-state index contributed by atoms with van der Waals surface area (Å²) in [7, 11) is 0. The molecule has 0 spiro atoms. The molecule has 0 radical (unpaired) electrons. The number of ether oxygens (including phenoxy) is 1. The lowest BCUT2D eigenvalue weighted by Gasteiger charge is -2.38. The van der Waals surface area contributed by atoms with Crippen LogP contribution in [0.25, 0.3) is 0 Å². The number of nitrogens with one attached hydrogen (secondary N) is 3. The van der Waals surface area contributed by atoms with Crippen molar-refractivity contribution in [2.24, 2.45) is 4.99 Å². The van der Waals surface area contributed by atoms with Gasteiger partial charge in [-0.2, -0.15) is 0 Å². The normalized spacial score (nSPS) is 26.5. The molecule has 128 valence electrons. The number of nitrogens with zero attached hydrogens (tertiary/aromatic N) is 3. The van der Waals surface area contributed by atoms with Crippen molar-refractivity contribution in [3.8, 4) is 0 Å². The number of aromatic nitrogens is 1. The maximum Gasteiger partial charge on any atom is 0.215 e. The Bertz CT molecular complexity index is 630. The Morgan fingerprint density at radius 2 is 2.04 bits per heavy atom. The summed E-state index contributed by atoms with van der Waals surface area (Å²) >= 11 is 2.27. The number of halogens is 1. The molecule has 1 saturated carbocycles. The molecule has 0 unspecified atom stereocenters. The Kier molecular flexibility index (Phi) is 4.74. The number of aliphatic imine (C=N–C) groups is 1. The Hall–Kier alpha value is -1.55. The first-order valence-corrected chi connectivity index (χ1v) is 9.36. The summed E-state index contributed by atoms with van der Waals surface area (Å²) < 4.78 is 6.40. The summed E-state index contributed by atoms with van der Waals surface area (Å²) in [4.78, 5) is 8.83. The Morgan fingerprint density at radius 1 is 1.21 bits per heavy atom. The number of hydrogen-bond acceptors (Lipinski definition) is 7. The average molecular weight is 440 g/mol. The van der Waals surface area contributed by atoms with Crippen LogP contribution in [0.4, 0.5) is 5.82 Å². The number of pyridine rings is 1. The van der Waals surface area contributed by atoms with E-state index in [0.29, 0.717) is 18.1 Å². The smallest absolute Gasteiger partial charge is 0.215 e. The zero-order chi connectivity index (χ0) is 16.4. The number of hydrazine groups is 1. The lowest BCUT2D eigenvalue weighted by atomic mass is 10.2. The molecular formula is C16H21IN6O. The van der Waals surface area contributed by atoms with E-state index in [0.717, 1.165) is 47.8 Å². The number of rotatable bonds is 4. The number of anilines is 1. The van der Waals surface area contributed by atoms with Crippen molar-refractivity contribution in [3.05, 3.63) is 34.3 Å². The van der Waals surface area contributed by atoms with E-state index in [-0.39, 0.29) is 0 Å². The van der Waals surface area contributed by atoms with E-state index < -0.39 is 0 Å². The van der Waals surface area contributed by atoms with Gasteiger partial charge in [0.05, 0.1) is 19.3 Å². The summed E-state index contributed by atoms with van der Waals surface area (Å²) in [6, 6.07) is 5.39. The van der Waals surface area contributed by atoms with Crippen molar-refractivity contribution in [1.29, 1.82) is 0 Å². The molecule has 1 aliphatic carbocycles. The molecule has 1 aromatic heterocycles. The molecular weight excluding hydrogens is 419 g/mol. The van der Waals surface area contributed by atoms with Crippen LogP contribution in [0.3, 0.4) is 0 Å². The van der Waals surface area contributed by atoms with Gasteiger partial charge >= 0.3 is 0 Å². The predicted molar refractivity (Wildman–Crippen MR) is 101 cm³/mol. The van der Waals surface area contributed by atoms with Gasteiger partial charge in [-0.15, -0.1) is 0 Å². The molecule has 3 heterocycles. The fraction of sp³-hybridized carbons (Fsp3) is 0.500. The fourth-order valence-electron chi connectivity index (χ4n) is 3.14. The van der Waals surface area contributed by atoms with Gasteiger partial charge in [-0.1, -0.05) is 0 Å². The monoisotopic (exact) mass is 440 g/mol. The molecule has 0 amide bonds. The maximum absolute atomic E-state index is 5.24. The zero-order valence-electron chi connectivity index (χ0n) is 13.3. The van der Waals surface area contributed by atoms with Crippen molar-refractivity contribution in [2.75, 3.05) is 18.5 Å². The summed E-state index contributed by atoms with van der Waals surface area (Å²) in [5.41, 5.74) is 3.32. The third kappa shape index (κ3) is 3.75. The highest BCUT2D eigenvalue weighted by molar-refractivity contribution is 14.1. The molecule has 2 fully saturated rings. The molecule has 7 nitrogen and oxygen atoms in total. The van der Waals surface area contributed by atoms with Gasteiger partial charge in [0.1, 0.15) is 5.82 Å². The molecule has 4 rings (SSSR count). The molecule has 3 N–H and O–H groups in total. The lowest BCUT2D eigenvalue weighted by Crippen LogP contribution is -2.58. The highest BCUT2D eigenvalue weighted by atomic mass is 127. The maximum atomic E-state index is 5.24. The van der Waals surface area contributed by atoms with Crippen LogP contribution in [0.2, 0.25) is 0 Å². The van der Waals surface area contributed by atoms with Gasteiger partial charge < -0.3 is 15.4 Å². The average Bonchev–Trinajstić information content (AvgIpc) is 2.95.